The van der Waals surface area contributed by atoms with E-state index in [0.717, 1.165) is 27.7 Å². The summed E-state index contributed by atoms with van der Waals surface area (Å²) >= 11 is 0. The first kappa shape index (κ1) is 18.9. The molecule has 1 atom stereocenters. The van der Waals surface area contributed by atoms with E-state index in [9.17, 15) is 14.4 Å². The molecule has 2 aromatic rings. The summed E-state index contributed by atoms with van der Waals surface area (Å²) in [7, 11) is 0. The summed E-state index contributed by atoms with van der Waals surface area (Å²) in [6.07, 6.45) is 0.743. The number of fused-ring (bicyclic) bond motifs is 1. The molecule has 0 radical (unpaired) electrons. The van der Waals surface area contributed by atoms with Crippen molar-refractivity contribution in [2.24, 2.45) is 0 Å². The van der Waals surface area contributed by atoms with E-state index in [1.165, 1.54) is 0 Å². The van der Waals surface area contributed by atoms with Gasteiger partial charge in [0.15, 0.2) is 0 Å². The van der Waals surface area contributed by atoms with Gasteiger partial charge in [0.1, 0.15) is 12.1 Å². The van der Waals surface area contributed by atoms with Crippen LogP contribution in [0, 0.1) is 0 Å². The first-order valence-electron chi connectivity index (χ1n) is 9.11. The van der Waals surface area contributed by atoms with Crippen LogP contribution < -0.4 is 10.6 Å². The Morgan fingerprint density at radius 3 is 2.52 bits per heavy atom. The third-order valence-electron chi connectivity index (χ3n) is 5.27. The van der Waals surface area contributed by atoms with E-state index in [1.54, 1.807) is 6.92 Å². The number of hydrogen-bond acceptors (Lipinski definition) is 3. The monoisotopic (exact) mass is 367 g/mol. The number of carbonyl (C=O) groups excluding carboxylic acids is 3. The molecular formula is C21H25N3O3. The van der Waals surface area contributed by atoms with Crippen molar-refractivity contribution in [1.82, 2.24) is 15.5 Å². The van der Waals surface area contributed by atoms with Gasteiger partial charge in [0.25, 0.3) is 5.91 Å². The van der Waals surface area contributed by atoms with Gasteiger partial charge in [-0.2, -0.15) is 0 Å². The Labute approximate surface area is 158 Å². The lowest BCUT2D eigenvalue weighted by Gasteiger charge is -2.26. The van der Waals surface area contributed by atoms with Gasteiger partial charge in [0, 0.05) is 5.54 Å². The van der Waals surface area contributed by atoms with Crippen LogP contribution in [0.2, 0.25) is 0 Å². The van der Waals surface area contributed by atoms with Gasteiger partial charge in [-0.25, -0.2) is 4.79 Å². The third kappa shape index (κ3) is 3.39. The van der Waals surface area contributed by atoms with Crippen LogP contribution in [-0.2, 0) is 15.1 Å². The Balaban J connectivity index is 1.90. The lowest BCUT2D eigenvalue weighted by Crippen LogP contribution is -2.49. The number of nitrogens with one attached hydrogen (secondary N) is 2. The SMILES string of the molecule is CCC(C)(C)NC(=O)CN1C(=O)N[C@](C)(c2cccc3ccccc23)C1=O. The van der Waals surface area contributed by atoms with Crippen molar-refractivity contribution < 1.29 is 14.4 Å². The molecule has 0 spiro atoms. The molecule has 27 heavy (non-hydrogen) atoms. The number of rotatable bonds is 5. The van der Waals surface area contributed by atoms with E-state index in [1.807, 2.05) is 63.2 Å². The first-order chi connectivity index (χ1) is 12.7. The van der Waals surface area contributed by atoms with Crippen molar-refractivity contribution >= 4 is 28.6 Å². The molecular weight excluding hydrogens is 342 g/mol. The molecule has 1 aliphatic rings. The molecule has 3 rings (SSSR count). The predicted octanol–water partition coefficient (Wildman–Crippen LogP) is 2.91. The van der Waals surface area contributed by atoms with Crippen LogP contribution in [0.5, 0.6) is 0 Å². The number of urea groups is 1. The largest absolute Gasteiger partial charge is 0.350 e. The summed E-state index contributed by atoms with van der Waals surface area (Å²) in [4.78, 5) is 38.9. The molecule has 6 heteroatoms. The topological polar surface area (TPSA) is 78.5 Å². The molecule has 4 amide bonds. The zero-order valence-corrected chi connectivity index (χ0v) is 16.1. The molecule has 1 fully saturated rings. The van der Waals surface area contributed by atoms with Crippen LogP contribution in [0.3, 0.4) is 0 Å². The number of nitrogens with zero attached hydrogens (tertiary/aromatic N) is 1. The highest BCUT2D eigenvalue weighted by Gasteiger charge is 2.50. The molecule has 0 aromatic heterocycles. The molecule has 1 saturated heterocycles. The van der Waals surface area contributed by atoms with Gasteiger partial charge in [-0.05, 0) is 43.5 Å². The van der Waals surface area contributed by atoms with Gasteiger partial charge in [-0.1, -0.05) is 49.4 Å². The maximum atomic E-state index is 13.1. The molecule has 2 aromatic carbocycles. The minimum absolute atomic E-state index is 0.297. The van der Waals surface area contributed by atoms with Crippen LogP contribution in [-0.4, -0.2) is 34.8 Å². The predicted molar refractivity (Wildman–Crippen MR) is 104 cm³/mol. The highest BCUT2D eigenvalue weighted by molar-refractivity contribution is 6.10. The second kappa shape index (κ2) is 6.68. The summed E-state index contributed by atoms with van der Waals surface area (Å²) in [5.41, 5.74) is -0.885. The summed E-state index contributed by atoms with van der Waals surface area (Å²) in [5, 5.41) is 7.52. The van der Waals surface area contributed by atoms with Crippen molar-refractivity contribution in [2.75, 3.05) is 6.54 Å². The van der Waals surface area contributed by atoms with Crippen molar-refractivity contribution in [1.29, 1.82) is 0 Å². The summed E-state index contributed by atoms with van der Waals surface area (Å²) in [5.74, 6) is -0.777. The van der Waals surface area contributed by atoms with Crippen LogP contribution in [0.25, 0.3) is 10.8 Å². The Kier molecular flexibility index (Phi) is 4.68. The van der Waals surface area contributed by atoms with Gasteiger partial charge in [0.2, 0.25) is 5.91 Å². The molecule has 0 unspecified atom stereocenters. The normalized spacial score (nSPS) is 20.1. The fourth-order valence-electron chi connectivity index (χ4n) is 3.33. The van der Waals surface area contributed by atoms with E-state index in [0.29, 0.717) is 0 Å². The summed E-state index contributed by atoms with van der Waals surface area (Å²) in [6, 6.07) is 12.8. The average molecular weight is 367 g/mol. The highest BCUT2D eigenvalue weighted by Crippen LogP contribution is 2.33. The second-order valence-electron chi connectivity index (χ2n) is 7.76. The lowest BCUT2D eigenvalue weighted by atomic mass is 9.88. The van der Waals surface area contributed by atoms with E-state index < -0.39 is 23.0 Å². The maximum absolute atomic E-state index is 13.1. The average Bonchev–Trinajstić information content (AvgIpc) is 2.85. The third-order valence-corrected chi connectivity index (χ3v) is 5.27. The second-order valence-corrected chi connectivity index (χ2v) is 7.76. The Morgan fingerprint density at radius 2 is 1.81 bits per heavy atom. The molecule has 142 valence electrons. The number of benzene rings is 2. The number of amides is 4. The van der Waals surface area contributed by atoms with Crippen LogP contribution in [0.1, 0.15) is 39.7 Å². The van der Waals surface area contributed by atoms with Crippen molar-refractivity contribution in [3.8, 4) is 0 Å². The van der Waals surface area contributed by atoms with Gasteiger partial charge >= 0.3 is 6.03 Å². The molecule has 0 aliphatic carbocycles. The van der Waals surface area contributed by atoms with Gasteiger partial charge in [-0.3, -0.25) is 14.5 Å². The van der Waals surface area contributed by atoms with Gasteiger partial charge in [-0.15, -0.1) is 0 Å². The maximum Gasteiger partial charge on any atom is 0.325 e. The molecule has 1 heterocycles. The van der Waals surface area contributed by atoms with Crippen LogP contribution in [0.15, 0.2) is 42.5 Å². The van der Waals surface area contributed by atoms with E-state index in [4.69, 9.17) is 0 Å². The van der Waals surface area contributed by atoms with Crippen molar-refractivity contribution in [3.05, 3.63) is 48.0 Å². The fourth-order valence-corrected chi connectivity index (χ4v) is 3.33. The summed E-state index contributed by atoms with van der Waals surface area (Å²) in [6.45, 7) is 7.15. The van der Waals surface area contributed by atoms with Gasteiger partial charge in [0.05, 0.1) is 0 Å². The Morgan fingerprint density at radius 1 is 1.15 bits per heavy atom. The van der Waals surface area contributed by atoms with Crippen LogP contribution in [0.4, 0.5) is 4.79 Å². The minimum Gasteiger partial charge on any atom is -0.350 e. The molecule has 0 bridgehead atoms. The number of carbonyl (C=O) groups is 3. The van der Waals surface area contributed by atoms with Crippen molar-refractivity contribution in [2.45, 2.75) is 45.2 Å². The molecule has 6 nitrogen and oxygen atoms in total. The highest BCUT2D eigenvalue weighted by atomic mass is 16.2. The van der Waals surface area contributed by atoms with E-state index >= 15 is 0 Å². The molecule has 1 aliphatic heterocycles. The smallest absolute Gasteiger partial charge is 0.325 e. The minimum atomic E-state index is -1.21. The Bertz CT molecular complexity index is 917. The number of imide groups is 1. The van der Waals surface area contributed by atoms with Gasteiger partial charge < -0.3 is 10.6 Å². The molecule has 0 saturated carbocycles. The fraction of sp³-hybridized carbons (Fsp3) is 0.381. The number of hydrogen-bond donors (Lipinski definition) is 2. The quantitative estimate of drug-likeness (QED) is 0.798. The van der Waals surface area contributed by atoms with E-state index in [2.05, 4.69) is 10.6 Å². The van der Waals surface area contributed by atoms with Crippen LogP contribution >= 0.6 is 0 Å². The first-order valence-corrected chi connectivity index (χ1v) is 9.11. The summed E-state index contributed by atoms with van der Waals surface area (Å²) < 4.78 is 0. The zero-order chi connectivity index (χ0) is 19.8. The lowest BCUT2D eigenvalue weighted by molar-refractivity contribution is -0.135. The van der Waals surface area contributed by atoms with Crippen molar-refractivity contribution in [3.63, 3.8) is 0 Å². The van der Waals surface area contributed by atoms with E-state index in [-0.39, 0.29) is 12.5 Å². The zero-order valence-electron chi connectivity index (χ0n) is 16.1. The Hall–Kier alpha value is -2.89. The standard InChI is InChI=1S/C21H25N3O3/c1-5-20(2,3)22-17(25)13-24-18(26)21(4,23-19(24)27)16-12-8-10-14-9-6-7-11-15(14)16/h6-12H,5,13H2,1-4H3,(H,22,25)(H,23,27)/t21-/m1/s1. The molecule has 2 N–H and O–H groups in total.